The molecule has 1 fully saturated rings. The Kier molecular flexibility index (Phi) is 6.13. The number of sulfonamides is 2. The Morgan fingerprint density at radius 1 is 0.966 bits per heavy atom. The summed E-state index contributed by atoms with van der Waals surface area (Å²) in [6.07, 6.45) is 2.46. The molecule has 2 aromatic carbocycles. The quantitative estimate of drug-likeness (QED) is 0.522. The average molecular weight is 460 g/mol. The molecule has 1 aliphatic heterocycles. The molecule has 3 rings (SSSR count). The Hall–Kier alpha value is -2.21. The third-order valence-electron chi connectivity index (χ3n) is 4.47. The summed E-state index contributed by atoms with van der Waals surface area (Å²) in [7, 11) is -7.94. The van der Waals surface area contributed by atoms with Crippen LogP contribution in [0.4, 0.5) is 11.4 Å². The zero-order valence-electron chi connectivity index (χ0n) is 15.1. The smallest absolute Gasteiger partial charge is 0.269 e. The number of nitro groups is 1. The van der Waals surface area contributed by atoms with Crippen LogP contribution in [0.15, 0.2) is 52.3 Å². The third-order valence-corrected chi connectivity index (χ3v) is 8.25. The highest BCUT2D eigenvalue weighted by Gasteiger charge is 2.28. The van der Waals surface area contributed by atoms with Gasteiger partial charge < -0.3 is 0 Å². The van der Waals surface area contributed by atoms with Gasteiger partial charge in [-0.25, -0.2) is 16.8 Å². The summed E-state index contributed by atoms with van der Waals surface area (Å²) in [6, 6.07) is 8.18. The molecule has 1 N–H and O–H groups in total. The predicted molar refractivity (Wildman–Crippen MR) is 108 cm³/mol. The molecule has 12 heteroatoms. The van der Waals surface area contributed by atoms with Gasteiger partial charge in [0.1, 0.15) is 4.90 Å². The lowest BCUT2D eigenvalue weighted by Gasteiger charge is -2.26. The normalized spacial score (nSPS) is 15.8. The van der Waals surface area contributed by atoms with Gasteiger partial charge in [-0.3, -0.25) is 14.8 Å². The number of hydrogen-bond donors (Lipinski definition) is 1. The first-order valence-electron chi connectivity index (χ1n) is 8.68. The number of piperidine rings is 1. The summed E-state index contributed by atoms with van der Waals surface area (Å²) in [5.74, 6) is 0. The lowest BCUT2D eigenvalue weighted by atomic mass is 10.2. The van der Waals surface area contributed by atoms with Crippen LogP contribution in [0.5, 0.6) is 0 Å². The second-order valence-corrected chi connectivity index (χ2v) is 10.5. The fourth-order valence-corrected chi connectivity index (χ4v) is 6.04. The van der Waals surface area contributed by atoms with Crippen molar-refractivity contribution in [2.45, 2.75) is 29.1 Å². The van der Waals surface area contributed by atoms with Crippen LogP contribution in [0.1, 0.15) is 19.3 Å². The lowest BCUT2D eigenvalue weighted by Crippen LogP contribution is -2.35. The highest BCUT2D eigenvalue weighted by molar-refractivity contribution is 7.92. The molecule has 0 bridgehead atoms. The number of hydrogen-bond acceptors (Lipinski definition) is 6. The van der Waals surface area contributed by atoms with E-state index in [0.717, 1.165) is 43.5 Å². The number of halogens is 1. The molecule has 29 heavy (non-hydrogen) atoms. The first-order chi connectivity index (χ1) is 13.6. The molecule has 1 heterocycles. The van der Waals surface area contributed by atoms with Gasteiger partial charge in [0.2, 0.25) is 10.0 Å². The van der Waals surface area contributed by atoms with Crippen molar-refractivity contribution in [1.82, 2.24) is 4.31 Å². The third kappa shape index (κ3) is 4.69. The highest BCUT2D eigenvalue weighted by atomic mass is 35.5. The van der Waals surface area contributed by atoms with Crippen molar-refractivity contribution in [3.05, 3.63) is 57.6 Å². The number of benzene rings is 2. The van der Waals surface area contributed by atoms with Gasteiger partial charge in [0, 0.05) is 25.2 Å². The van der Waals surface area contributed by atoms with Gasteiger partial charge >= 0.3 is 0 Å². The van der Waals surface area contributed by atoms with E-state index < -0.39 is 25.0 Å². The maximum absolute atomic E-state index is 12.9. The minimum Gasteiger partial charge on any atom is -0.280 e. The van der Waals surface area contributed by atoms with E-state index in [1.165, 1.54) is 22.5 Å². The molecular formula is C17H18ClN3O6S2. The first-order valence-corrected chi connectivity index (χ1v) is 12.0. The van der Waals surface area contributed by atoms with Gasteiger partial charge in [0.25, 0.3) is 15.7 Å². The molecule has 0 aromatic heterocycles. The van der Waals surface area contributed by atoms with E-state index in [4.69, 9.17) is 11.6 Å². The van der Waals surface area contributed by atoms with Crippen molar-refractivity contribution in [1.29, 1.82) is 0 Å². The Bertz CT molecular complexity index is 1130. The predicted octanol–water partition coefficient (Wildman–Crippen LogP) is 3.22. The van der Waals surface area contributed by atoms with E-state index in [2.05, 4.69) is 4.72 Å². The second-order valence-electron chi connectivity index (χ2n) is 6.47. The summed E-state index contributed by atoms with van der Waals surface area (Å²) < 4.78 is 54.5. The van der Waals surface area contributed by atoms with Crippen LogP contribution in [-0.2, 0) is 20.0 Å². The van der Waals surface area contributed by atoms with Crippen LogP contribution in [0, 0.1) is 10.1 Å². The summed E-state index contributed by atoms with van der Waals surface area (Å²) in [5, 5.41) is 10.7. The molecule has 0 spiro atoms. The van der Waals surface area contributed by atoms with E-state index in [1.807, 2.05) is 0 Å². The second kappa shape index (κ2) is 8.27. The summed E-state index contributed by atoms with van der Waals surface area (Å²) in [6.45, 7) is 0.773. The fraction of sp³-hybridized carbons (Fsp3) is 0.294. The number of nitrogens with one attached hydrogen (secondary N) is 1. The summed E-state index contributed by atoms with van der Waals surface area (Å²) in [4.78, 5) is 9.70. The molecule has 9 nitrogen and oxygen atoms in total. The zero-order chi connectivity index (χ0) is 21.2. The van der Waals surface area contributed by atoms with Crippen molar-refractivity contribution < 1.29 is 21.8 Å². The molecule has 2 aromatic rings. The molecule has 0 atom stereocenters. The standard InChI is InChI=1S/C17H18ClN3O6S2/c18-16-9-4-13(12-17(16)29(26,27)20-10-2-1-3-11-20)19-28(24,25)15-7-5-14(6-8-15)21(22)23/h4-9,12,19H,1-3,10-11H2. The van der Waals surface area contributed by atoms with E-state index in [0.29, 0.717) is 13.1 Å². The molecule has 0 amide bonds. The Balaban J connectivity index is 1.90. The van der Waals surface area contributed by atoms with Crippen LogP contribution >= 0.6 is 11.6 Å². The largest absolute Gasteiger partial charge is 0.280 e. The highest BCUT2D eigenvalue weighted by Crippen LogP contribution is 2.30. The Morgan fingerprint density at radius 2 is 1.59 bits per heavy atom. The molecule has 0 saturated carbocycles. The first kappa shape index (κ1) is 21.5. The number of rotatable bonds is 6. The van der Waals surface area contributed by atoms with Crippen molar-refractivity contribution in [2.24, 2.45) is 0 Å². The van der Waals surface area contributed by atoms with Crippen LogP contribution in [0.3, 0.4) is 0 Å². The van der Waals surface area contributed by atoms with Crippen LogP contribution < -0.4 is 4.72 Å². The number of nitrogens with zero attached hydrogens (tertiary/aromatic N) is 2. The molecule has 156 valence electrons. The minimum absolute atomic E-state index is 0.00569. The molecule has 0 unspecified atom stereocenters. The van der Waals surface area contributed by atoms with E-state index >= 15 is 0 Å². The van der Waals surface area contributed by atoms with E-state index in [-0.39, 0.29) is 26.2 Å². The Labute approximate surface area is 173 Å². The van der Waals surface area contributed by atoms with Gasteiger partial charge in [-0.15, -0.1) is 0 Å². The van der Waals surface area contributed by atoms with Gasteiger partial charge in [0.05, 0.1) is 20.5 Å². The number of nitro benzene ring substituents is 1. The van der Waals surface area contributed by atoms with Gasteiger partial charge in [0.15, 0.2) is 0 Å². The number of anilines is 1. The van der Waals surface area contributed by atoms with Gasteiger partial charge in [-0.05, 0) is 43.2 Å². The minimum atomic E-state index is -4.08. The van der Waals surface area contributed by atoms with E-state index in [1.54, 1.807) is 0 Å². The van der Waals surface area contributed by atoms with Gasteiger partial charge in [-0.2, -0.15) is 4.31 Å². The van der Waals surface area contributed by atoms with Crippen LogP contribution in [0.25, 0.3) is 0 Å². The van der Waals surface area contributed by atoms with Gasteiger partial charge in [-0.1, -0.05) is 18.0 Å². The monoisotopic (exact) mass is 459 g/mol. The summed E-state index contributed by atoms with van der Waals surface area (Å²) >= 11 is 6.09. The molecule has 1 aliphatic rings. The van der Waals surface area contributed by atoms with Crippen molar-refractivity contribution in [3.63, 3.8) is 0 Å². The van der Waals surface area contributed by atoms with Crippen molar-refractivity contribution >= 4 is 43.0 Å². The average Bonchev–Trinajstić information content (AvgIpc) is 2.70. The fourth-order valence-electron chi connectivity index (χ4n) is 2.97. The lowest BCUT2D eigenvalue weighted by molar-refractivity contribution is -0.384. The molecule has 0 radical (unpaired) electrons. The number of non-ortho nitro benzene ring substituents is 1. The topological polar surface area (TPSA) is 127 Å². The SMILES string of the molecule is O=[N+]([O-])c1ccc(S(=O)(=O)Nc2ccc(Cl)c(S(=O)(=O)N3CCCCC3)c2)cc1. The molecule has 0 aliphatic carbocycles. The maximum atomic E-state index is 12.9. The summed E-state index contributed by atoms with van der Waals surface area (Å²) in [5.41, 5.74) is -0.228. The van der Waals surface area contributed by atoms with Crippen molar-refractivity contribution in [2.75, 3.05) is 17.8 Å². The zero-order valence-corrected chi connectivity index (χ0v) is 17.5. The van der Waals surface area contributed by atoms with Crippen molar-refractivity contribution in [3.8, 4) is 0 Å². The van der Waals surface area contributed by atoms with Crippen LogP contribution in [-0.4, -0.2) is 39.2 Å². The molecule has 1 saturated heterocycles. The Morgan fingerprint density at radius 3 is 2.17 bits per heavy atom. The maximum Gasteiger partial charge on any atom is 0.269 e. The molecular weight excluding hydrogens is 442 g/mol. The van der Waals surface area contributed by atoms with E-state index in [9.17, 15) is 26.9 Å². The van der Waals surface area contributed by atoms with Crippen LogP contribution in [0.2, 0.25) is 5.02 Å².